The van der Waals surface area contributed by atoms with E-state index in [0.717, 1.165) is 18.5 Å². The fourth-order valence-corrected chi connectivity index (χ4v) is 3.81. The average molecular weight is 400 g/mol. The highest BCUT2D eigenvalue weighted by molar-refractivity contribution is 6.31. The molecule has 1 aliphatic heterocycles. The molecule has 148 valence electrons. The molecule has 0 amide bonds. The number of hydrogen-bond donors (Lipinski definition) is 1. The van der Waals surface area contributed by atoms with Crippen LogP contribution in [0.5, 0.6) is 0 Å². The van der Waals surface area contributed by atoms with E-state index in [1.165, 1.54) is 0 Å². The van der Waals surface area contributed by atoms with Crippen molar-refractivity contribution in [3.05, 3.63) is 70.2 Å². The largest absolute Gasteiger partial charge is 0.382 e. The zero-order valence-corrected chi connectivity index (χ0v) is 16.9. The van der Waals surface area contributed by atoms with E-state index in [9.17, 15) is 14.7 Å². The molecule has 0 bridgehead atoms. The number of hydrogen-bond acceptors (Lipinski definition) is 4. The number of halogens is 1. The van der Waals surface area contributed by atoms with Gasteiger partial charge in [0.1, 0.15) is 5.60 Å². The molecule has 0 aliphatic carbocycles. The normalized spacial score (nSPS) is 16.7. The standard InChI is InChI=1S/C23H26ClNO3/c1-17-7-9-18(10-8-17)22(27)23(28)11-14-25(15-12-23)13-3-6-21(26)19-4-2-5-20(24)16-19/h2,4-5,7-10,16,28H,3,6,11-15H2,1H3. The van der Waals surface area contributed by atoms with Crippen molar-refractivity contribution < 1.29 is 14.7 Å². The zero-order chi connectivity index (χ0) is 20.1. The number of likely N-dealkylation sites (tertiary alicyclic amines) is 1. The predicted octanol–water partition coefficient (Wildman–Crippen LogP) is 4.32. The molecule has 0 aromatic heterocycles. The highest BCUT2D eigenvalue weighted by Crippen LogP contribution is 2.27. The van der Waals surface area contributed by atoms with Crippen LogP contribution in [-0.4, -0.2) is 46.8 Å². The predicted molar refractivity (Wildman–Crippen MR) is 111 cm³/mol. The first-order valence-corrected chi connectivity index (χ1v) is 10.1. The lowest BCUT2D eigenvalue weighted by Gasteiger charge is -2.37. The van der Waals surface area contributed by atoms with Crippen molar-refractivity contribution in [1.29, 1.82) is 0 Å². The van der Waals surface area contributed by atoms with Crippen LogP contribution < -0.4 is 0 Å². The van der Waals surface area contributed by atoms with E-state index in [2.05, 4.69) is 4.90 Å². The van der Waals surface area contributed by atoms with E-state index in [4.69, 9.17) is 11.6 Å². The molecule has 5 heteroatoms. The van der Waals surface area contributed by atoms with E-state index in [0.29, 0.717) is 48.5 Å². The van der Waals surface area contributed by atoms with Crippen LogP contribution in [0.3, 0.4) is 0 Å². The van der Waals surface area contributed by atoms with Crippen molar-refractivity contribution >= 4 is 23.2 Å². The molecule has 2 aromatic carbocycles. The molecule has 1 saturated heterocycles. The summed E-state index contributed by atoms with van der Waals surface area (Å²) in [6, 6.07) is 14.4. The second-order valence-corrected chi connectivity index (χ2v) is 8.04. The summed E-state index contributed by atoms with van der Waals surface area (Å²) >= 11 is 5.94. The van der Waals surface area contributed by atoms with Crippen LogP contribution in [-0.2, 0) is 0 Å². The number of rotatable bonds is 7. The fraction of sp³-hybridized carbons (Fsp3) is 0.391. The molecule has 1 fully saturated rings. The van der Waals surface area contributed by atoms with Crippen LogP contribution in [0.2, 0.25) is 5.02 Å². The summed E-state index contributed by atoms with van der Waals surface area (Å²) in [4.78, 5) is 27.2. The SMILES string of the molecule is Cc1ccc(C(=O)C2(O)CCN(CCCC(=O)c3cccc(Cl)c3)CC2)cc1. The maximum atomic E-state index is 12.7. The zero-order valence-electron chi connectivity index (χ0n) is 16.2. The molecule has 0 radical (unpaired) electrons. The number of piperidine rings is 1. The van der Waals surface area contributed by atoms with Crippen molar-refractivity contribution in [2.45, 2.75) is 38.2 Å². The van der Waals surface area contributed by atoms with E-state index in [1.54, 1.807) is 36.4 Å². The van der Waals surface area contributed by atoms with Crippen LogP contribution in [0.25, 0.3) is 0 Å². The Morgan fingerprint density at radius 1 is 1.07 bits per heavy atom. The first kappa shape index (κ1) is 20.7. The Bertz CT molecular complexity index is 839. The number of Topliss-reactive ketones (excluding diaryl/α,β-unsaturated/α-hetero) is 2. The van der Waals surface area contributed by atoms with E-state index >= 15 is 0 Å². The number of carbonyl (C=O) groups excluding carboxylic acids is 2. The molecule has 28 heavy (non-hydrogen) atoms. The first-order valence-electron chi connectivity index (χ1n) is 9.72. The van der Waals surface area contributed by atoms with Gasteiger partial charge in [-0.1, -0.05) is 53.6 Å². The minimum absolute atomic E-state index is 0.0885. The van der Waals surface area contributed by atoms with Crippen LogP contribution in [0.15, 0.2) is 48.5 Å². The maximum Gasteiger partial charge on any atom is 0.194 e. The maximum absolute atomic E-state index is 12.7. The van der Waals surface area contributed by atoms with E-state index in [-0.39, 0.29) is 11.6 Å². The minimum atomic E-state index is -1.29. The fourth-order valence-electron chi connectivity index (χ4n) is 3.62. The van der Waals surface area contributed by atoms with Gasteiger partial charge in [0.2, 0.25) is 0 Å². The topological polar surface area (TPSA) is 57.6 Å². The van der Waals surface area contributed by atoms with Gasteiger partial charge in [-0.05, 0) is 44.9 Å². The lowest BCUT2D eigenvalue weighted by atomic mass is 9.84. The molecular formula is C23H26ClNO3. The molecule has 1 N–H and O–H groups in total. The Kier molecular flexibility index (Phi) is 6.65. The smallest absolute Gasteiger partial charge is 0.194 e. The van der Waals surface area contributed by atoms with Gasteiger partial charge < -0.3 is 10.0 Å². The van der Waals surface area contributed by atoms with Gasteiger partial charge in [-0.3, -0.25) is 9.59 Å². The monoisotopic (exact) mass is 399 g/mol. The van der Waals surface area contributed by atoms with Crippen LogP contribution in [0.1, 0.15) is 52.0 Å². The van der Waals surface area contributed by atoms with Gasteiger partial charge in [0.25, 0.3) is 0 Å². The molecule has 1 aliphatic rings. The van der Waals surface area contributed by atoms with E-state index in [1.807, 2.05) is 19.1 Å². The average Bonchev–Trinajstić information content (AvgIpc) is 2.69. The van der Waals surface area contributed by atoms with E-state index < -0.39 is 5.60 Å². The second kappa shape index (κ2) is 8.99. The number of carbonyl (C=O) groups is 2. The third-order valence-corrected chi connectivity index (χ3v) is 5.68. The summed E-state index contributed by atoms with van der Waals surface area (Å²) in [5, 5.41) is 11.4. The van der Waals surface area contributed by atoms with Crippen molar-refractivity contribution in [1.82, 2.24) is 4.90 Å². The van der Waals surface area contributed by atoms with Gasteiger partial charge in [0, 0.05) is 35.7 Å². The highest BCUT2D eigenvalue weighted by Gasteiger charge is 2.39. The molecule has 3 rings (SSSR count). The number of aryl methyl sites for hydroxylation is 1. The Morgan fingerprint density at radius 2 is 1.75 bits per heavy atom. The van der Waals surface area contributed by atoms with Crippen molar-refractivity contribution in [2.75, 3.05) is 19.6 Å². The summed E-state index contributed by atoms with van der Waals surface area (Å²) in [7, 11) is 0. The summed E-state index contributed by atoms with van der Waals surface area (Å²) < 4.78 is 0. The Hall–Kier alpha value is -2.01. The Balaban J connectivity index is 1.46. The van der Waals surface area contributed by atoms with Gasteiger partial charge in [-0.15, -0.1) is 0 Å². The summed E-state index contributed by atoms with van der Waals surface area (Å²) in [6.45, 7) is 4.05. The number of aliphatic hydroxyl groups is 1. The van der Waals surface area contributed by atoms with Crippen LogP contribution in [0.4, 0.5) is 0 Å². The van der Waals surface area contributed by atoms with Crippen molar-refractivity contribution in [3.8, 4) is 0 Å². The third-order valence-electron chi connectivity index (χ3n) is 5.44. The summed E-state index contributed by atoms with van der Waals surface area (Å²) in [5.41, 5.74) is 1.01. The second-order valence-electron chi connectivity index (χ2n) is 7.61. The number of benzene rings is 2. The summed E-state index contributed by atoms with van der Waals surface area (Å²) in [5.74, 6) is -0.103. The van der Waals surface area contributed by atoms with Crippen LogP contribution in [0, 0.1) is 6.92 Å². The van der Waals surface area contributed by atoms with Gasteiger partial charge in [-0.25, -0.2) is 0 Å². The Morgan fingerprint density at radius 3 is 2.39 bits per heavy atom. The molecule has 0 saturated carbocycles. The molecular weight excluding hydrogens is 374 g/mol. The molecule has 0 spiro atoms. The number of nitrogens with zero attached hydrogens (tertiary/aromatic N) is 1. The molecule has 4 nitrogen and oxygen atoms in total. The quantitative estimate of drug-likeness (QED) is 0.704. The molecule has 0 atom stereocenters. The van der Waals surface area contributed by atoms with Crippen molar-refractivity contribution in [3.63, 3.8) is 0 Å². The highest BCUT2D eigenvalue weighted by atomic mass is 35.5. The van der Waals surface area contributed by atoms with Gasteiger partial charge >= 0.3 is 0 Å². The molecule has 2 aromatic rings. The van der Waals surface area contributed by atoms with Gasteiger partial charge in [-0.2, -0.15) is 0 Å². The van der Waals surface area contributed by atoms with Crippen molar-refractivity contribution in [2.24, 2.45) is 0 Å². The lowest BCUT2D eigenvalue weighted by Crippen LogP contribution is -2.49. The third kappa shape index (κ3) is 5.07. The minimum Gasteiger partial charge on any atom is -0.382 e. The summed E-state index contributed by atoms with van der Waals surface area (Å²) in [6.07, 6.45) is 2.04. The van der Waals surface area contributed by atoms with Gasteiger partial charge in [0.15, 0.2) is 11.6 Å². The lowest BCUT2D eigenvalue weighted by molar-refractivity contribution is -0.00648. The first-order chi connectivity index (χ1) is 13.4. The van der Waals surface area contributed by atoms with Crippen LogP contribution >= 0.6 is 11.6 Å². The Labute approximate surface area is 171 Å². The molecule has 0 unspecified atom stereocenters. The number of ketones is 2. The van der Waals surface area contributed by atoms with Gasteiger partial charge in [0.05, 0.1) is 0 Å². The molecule has 1 heterocycles.